The monoisotopic (exact) mass is 230 g/mol. The normalized spacial score (nSPS) is 9.65. The zero-order valence-electron chi connectivity index (χ0n) is 8.83. The van der Waals surface area contributed by atoms with Crippen molar-refractivity contribution in [2.75, 3.05) is 10.9 Å². The summed E-state index contributed by atoms with van der Waals surface area (Å²) in [7, 11) is 0. The highest BCUT2D eigenvalue weighted by Crippen LogP contribution is 2.20. The Kier molecular flexibility index (Phi) is 3.15. The van der Waals surface area contributed by atoms with Gasteiger partial charge in [0.25, 0.3) is 0 Å². The molecule has 2 aromatic rings. The molecule has 0 radical (unpaired) electrons. The van der Waals surface area contributed by atoms with Crippen LogP contribution in [0.2, 0.25) is 0 Å². The molecule has 0 aliphatic heterocycles. The van der Waals surface area contributed by atoms with Gasteiger partial charge in [0, 0.05) is 12.3 Å². The van der Waals surface area contributed by atoms with Crippen molar-refractivity contribution in [1.29, 1.82) is 0 Å². The standard InChI is InChI=1S/C11H10N4O2/c16-15(17)10-7-4-8-12-11(10)14-13-9-5-2-1-3-6-9/h1-8,13H,(H,12,14). The van der Waals surface area contributed by atoms with Gasteiger partial charge in [-0.05, 0) is 18.2 Å². The van der Waals surface area contributed by atoms with Gasteiger partial charge in [-0.3, -0.25) is 21.0 Å². The molecule has 1 heterocycles. The van der Waals surface area contributed by atoms with Gasteiger partial charge in [0.15, 0.2) is 0 Å². The third kappa shape index (κ3) is 2.69. The molecule has 0 atom stereocenters. The van der Waals surface area contributed by atoms with Crippen molar-refractivity contribution in [3.63, 3.8) is 0 Å². The SMILES string of the molecule is O=[N+]([O-])c1cccnc1NNc1ccccc1. The number of nitrogens with zero attached hydrogens (tertiary/aromatic N) is 2. The number of aromatic nitrogens is 1. The van der Waals surface area contributed by atoms with Gasteiger partial charge in [-0.15, -0.1) is 0 Å². The van der Waals surface area contributed by atoms with Crippen molar-refractivity contribution in [2.45, 2.75) is 0 Å². The van der Waals surface area contributed by atoms with Crippen molar-refractivity contribution in [1.82, 2.24) is 4.98 Å². The molecule has 0 fully saturated rings. The Morgan fingerprint density at radius 1 is 1.06 bits per heavy atom. The van der Waals surface area contributed by atoms with Crippen molar-refractivity contribution >= 4 is 17.2 Å². The average Bonchev–Trinajstić information content (AvgIpc) is 2.38. The van der Waals surface area contributed by atoms with E-state index in [9.17, 15) is 10.1 Å². The Bertz CT molecular complexity index is 516. The largest absolute Gasteiger partial charge is 0.313 e. The van der Waals surface area contributed by atoms with E-state index in [1.165, 1.54) is 18.3 Å². The maximum absolute atomic E-state index is 10.7. The van der Waals surface area contributed by atoms with Crippen LogP contribution in [0.5, 0.6) is 0 Å². The summed E-state index contributed by atoms with van der Waals surface area (Å²) in [5.74, 6) is 0.182. The summed E-state index contributed by atoms with van der Waals surface area (Å²) in [5.41, 5.74) is 6.27. The molecule has 1 aromatic heterocycles. The summed E-state index contributed by atoms with van der Waals surface area (Å²) in [6.45, 7) is 0. The molecule has 0 amide bonds. The Labute approximate surface area is 97.4 Å². The predicted molar refractivity (Wildman–Crippen MR) is 64.6 cm³/mol. The predicted octanol–water partition coefficient (Wildman–Crippen LogP) is 2.43. The van der Waals surface area contributed by atoms with E-state index >= 15 is 0 Å². The summed E-state index contributed by atoms with van der Waals surface area (Å²) in [6.07, 6.45) is 1.49. The summed E-state index contributed by atoms with van der Waals surface area (Å²) in [5, 5.41) is 10.7. The van der Waals surface area contributed by atoms with Crippen LogP contribution < -0.4 is 10.9 Å². The van der Waals surface area contributed by atoms with Crippen LogP contribution in [0.25, 0.3) is 0 Å². The number of nitro groups is 1. The minimum Gasteiger partial charge on any atom is -0.299 e. The first-order valence-corrected chi connectivity index (χ1v) is 4.94. The number of rotatable bonds is 4. The second-order valence-electron chi connectivity index (χ2n) is 3.24. The van der Waals surface area contributed by atoms with E-state index in [0.29, 0.717) is 0 Å². The van der Waals surface area contributed by atoms with Crippen LogP contribution in [-0.2, 0) is 0 Å². The lowest BCUT2D eigenvalue weighted by Crippen LogP contribution is -2.11. The molecular formula is C11H10N4O2. The second kappa shape index (κ2) is 4.93. The molecule has 86 valence electrons. The van der Waals surface area contributed by atoms with Crippen LogP contribution in [0, 0.1) is 10.1 Å². The van der Waals surface area contributed by atoms with E-state index in [-0.39, 0.29) is 11.5 Å². The smallest absolute Gasteiger partial charge is 0.299 e. The first kappa shape index (κ1) is 10.9. The number of nitrogens with one attached hydrogen (secondary N) is 2. The molecule has 0 unspecified atom stereocenters. The Morgan fingerprint density at radius 3 is 2.53 bits per heavy atom. The van der Waals surface area contributed by atoms with Crippen molar-refractivity contribution in [2.24, 2.45) is 0 Å². The molecule has 6 nitrogen and oxygen atoms in total. The quantitative estimate of drug-likeness (QED) is 0.622. The highest BCUT2D eigenvalue weighted by Gasteiger charge is 2.13. The summed E-state index contributed by atoms with van der Waals surface area (Å²) in [6, 6.07) is 12.2. The number of benzene rings is 1. The first-order chi connectivity index (χ1) is 8.27. The van der Waals surface area contributed by atoms with E-state index < -0.39 is 4.92 Å². The third-order valence-corrected chi connectivity index (χ3v) is 2.08. The van der Waals surface area contributed by atoms with Crippen molar-refractivity contribution in [3.05, 3.63) is 58.8 Å². The highest BCUT2D eigenvalue weighted by molar-refractivity contribution is 5.58. The van der Waals surface area contributed by atoms with E-state index in [0.717, 1.165) is 5.69 Å². The van der Waals surface area contributed by atoms with Crippen molar-refractivity contribution in [3.8, 4) is 0 Å². The second-order valence-corrected chi connectivity index (χ2v) is 3.24. The lowest BCUT2D eigenvalue weighted by Gasteiger charge is -2.08. The fraction of sp³-hybridized carbons (Fsp3) is 0. The molecule has 0 aliphatic rings. The zero-order chi connectivity index (χ0) is 12.1. The molecule has 0 aliphatic carbocycles. The molecule has 1 aromatic carbocycles. The molecule has 6 heteroatoms. The number of para-hydroxylation sites is 1. The van der Waals surface area contributed by atoms with Gasteiger partial charge in [-0.2, -0.15) is 0 Å². The minimum atomic E-state index is -0.484. The van der Waals surface area contributed by atoms with Gasteiger partial charge in [0.2, 0.25) is 5.82 Å². The number of hydrogen-bond donors (Lipinski definition) is 2. The molecular weight excluding hydrogens is 220 g/mol. The van der Waals surface area contributed by atoms with Crippen LogP contribution in [0.15, 0.2) is 48.7 Å². The summed E-state index contributed by atoms with van der Waals surface area (Å²) in [4.78, 5) is 14.1. The fourth-order valence-electron chi connectivity index (χ4n) is 1.29. The molecule has 17 heavy (non-hydrogen) atoms. The summed E-state index contributed by atoms with van der Waals surface area (Å²) >= 11 is 0. The Morgan fingerprint density at radius 2 is 1.82 bits per heavy atom. The van der Waals surface area contributed by atoms with Crippen LogP contribution in [-0.4, -0.2) is 9.91 Å². The Hall–Kier alpha value is -2.63. The van der Waals surface area contributed by atoms with E-state index in [4.69, 9.17) is 0 Å². The van der Waals surface area contributed by atoms with Gasteiger partial charge in [-0.1, -0.05) is 18.2 Å². The molecule has 0 saturated carbocycles. The molecule has 2 rings (SSSR count). The maximum atomic E-state index is 10.7. The third-order valence-electron chi connectivity index (χ3n) is 2.08. The molecule has 2 N–H and O–H groups in total. The van der Waals surface area contributed by atoms with Gasteiger partial charge >= 0.3 is 5.69 Å². The van der Waals surface area contributed by atoms with Crippen molar-refractivity contribution < 1.29 is 4.92 Å². The maximum Gasteiger partial charge on any atom is 0.313 e. The first-order valence-electron chi connectivity index (χ1n) is 4.94. The van der Waals surface area contributed by atoms with E-state index in [1.54, 1.807) is 0 Å². The average molecular weight is 230 g/mol. The fourth-order valence-corrected chi connectivity index (χ4v) is 1.29. The number of anilines is 2. The number of pyridine rings is 1. The lowest BCUT2D eigenvalue weighted by atomic mass is 10.3. The van der Waals surface area contributed by atoms with Gasteiger partial charge < -0.3 is 0 Å². The van der Waals surface area contributed by atoms with Crippen LogP contribution >= 0.6 is 0 Å². The van der Waals surface area contributed by atoms with Gasteiger partial charge in [0.1, 0.15) is 0 Å². The molecule has 0 bridgehead atoms. The zero-order valence-corrected chi connectivity index (χ0v) is 8.83. The van der Waals surface area contributed by atoms with Crippen LogP contribution in [0.1, 0.15) is 0 Å². The highest BCUT2D eigenvalue weighted by atomic mass is 16.6. The summed E-state index contributed by atoms with van der Waals surface area (Å²) < 4.78 is 0. The molecule has 0 saturated heterocycles. The van der Waals surface area contributed by atoms with E-state index in [1.807, 2.05) is 30.3 Å². The topological polar surface area (TPSA) is 80.1 Å². The van der Waals surface area contributed by atoms with Crippen LogP contribution in [0.3, 0.4) is 0 Å². The minimum absolute atomic E-state index is 0.0732. The molecule has 0 spiro atoms. The lowest BCUT2D eigenvalue weighted by molar-refractivity contribution is -0.384. The van der Waals surface area contributed by atoms with Gasteiger partial charge in [0.05, 0.1) is 10.6 Å². The Balaban J connectivity index is 2.12. The van der Waals surface area contributed by atoms with Crippen LogP contribution in [0.4, 0.5) is 17.2 Å². The van der Waals surface area contributed by atoms with Gasteiger partial charge in [-0.25, -0.2) is 4.98 Å². The number of hydrogen-bond acceptors (Lipinski definition) is 5. The van der Waals surface area contributed by atoms with E-state index in [2.05, 4.69) is 15.8 Å². The number of hydrazine groups is 1.